The summed E-state index contributed by atoms with van der Waals surface area (Å²) in [7, 11) is 3.27. The molecule has 4 heteroatoms. The number of nitrogens with zero attached hydrogens (tertiary/aromatic N) is 1. The fourth-order valence-electron chi connectivity index (χ4n) is 1.80. The van der Waals surface area contributed by atoms with E-state index in [0.29, 0.717) is 11.3 Å². The maximum Gasteiger partial charge on any atom is 0.201 e. The molecule has 1 aromatic heterocycles. The van der Waals surface area contributed by atoms with Gasteiger partial charge in [0.2, 0.25) is 6.29 Å². The van der Waals surface area contributed by atoms with Crippen LogP contribution < -0.4 is 0 Å². The molecule has 0 bridgehead atoms. The van der Waals surface area contributed by atoms with Crippen molar-refractivity contribution in [2.75, 3.05) is 14.2 Å². The summed E-state index contributed by atoms with van der Waals surface area (Å²) in [5, 5.41) is 3.25. The largest absolute Gasteiger partial charge is 0.350 e. The molecule has 0 spiro atoms. The molecule has 15 heavy (non-hydrogen) atoms. The number of ether oxygens (including phenoxy) is 2. The zero-order valence-corrected chi connectivity index (χ0v) is 10.4. The molecule has 0 radical (unpaired) electrons. The van der Waals surface area contributed by atoms with Crippen molar-refractivity contribution in [2.24, 2.45) is 5.41 Å². The van der Waals surface area contributed by atoms with Crippen molar-refractivity contribution in [3.63, 3.8) is 0 Å². The normalized spacial score (nSPS) is 23.4. The van der Waals surface area contributed by atoms with Crippen molar-refractivity contribution < 1.29 is 9.47 Å². The van der Waals surface area contributed by atoms with Crippen LogP contribution in [0.3, 0.4) is 0 Å². The first-order chi connectivity index (χ1) is 7.08. The number of rotatable bonds is 4. The average Bonchev–Trinajstić information content (AvgIpc) is 2.65. The Morgan fingerprint density at radius 2 is 2.07 bits per heavy atom. The highest BCUT2D eigenvalue weighted by molar-refractivity contribution is 7.09. The molecule has 1 fully saturated rings. The monoisotopic (exact) mass is 227 g/mol. The minimum Gasteiger partial charge on any atom is -0.350 e. The third-order valence-corrected chi connectivity index (χ3v) is 4.00. The maximum absolute atomic E-state index is 5.17. The molecule has 0 N–H and O–H groups in total. The van der Waals surface area contributed by atoms with Crippen molar-refractivity contribution in [3.05, 3.63) is 16.1 Å². The molecule has 1 aliphatic carbocycles. The molecule has 1 aliphatic rings. The lowest BCUT2D eigenvalue weighted by molar-refractivity contribution is -0.108. The summed E-state index contributed by atoms with van der Waals surface area (Å²) >= 11 is 1.71. The van der Waals surface area contributed by atoms with E-state index in [1.807, 2.05) is 5.38 Å². The van der Waals surface area contributed by atoms with E-state index >= 15 is 0 Å². The van der Waals surface area contributed by atoms with E-state index in [4.69, 9.17) is 9.47 Å². The fraction of sp³-hybridized carbons (Fsp3) is 0.727. The second-order valence-electron chi connectivity index (χ2n) is 4.66. The lowest BCUT2D eigenvalue weighted by Crippen LogP contribution is -2.04. The van der Waals surface area contributed by atoms with Crippen LogP contribution in [0, 0.1) is 5.41 Å². The number of hydrogen-bond donors (Lipinski definition) is 0. The maximum atomic E-state index is 5.17. The lowest BCUT2D eigenvalue weighted by Gasteiger charge is -2.09. The zero-order valence-electron chi connectivity index (χ0n) is 9.61. The fourth-order valence-corrected chi connectivity index (χ4v) is 2.93. The van der Waals surface area contributed by atoms with Gasteiger partial charge in [0.1, 0.15) is 5.69 Å². The molecular formula is C11H17NO2S. The molecule has 0 aliphatic heterocycles. The van der Waals surface area contributed by atoms with Gasteiger partial charge in [-0.2, -0.15) is 0 Å². The number of methoxy groups -OCH3 is 2. The summed E-state index contributed by atoms with van der Waals surface area (Å²) in [6.07, 6.45) is 0.918. The Balaban J connectivity index is 2.11. The van der Waals surface area contributed by atoms with E-state index in [1.165, 1.54) is 11.4 Å². The topological polar surface area (TPSA) is 31.4 Å². The Morgan fingerprint density at radius 1 is 1.47 bits per heavy atom. The van der Waals surface area contributed by atoms with Gasteiger partial charge in [-0.25, -0.2) is 4.98 Å². The molecular weight excluding hydrogens is 210 g/mol. The second-order valence-corrected chi connectivity index (χ2v) is 5.55. The smallest absolute Gasteiger partial charge is 0.201 e. The van der Waals surface area contributed by atoms with E-state index in [0.717, 1.165) is 5.69 Å². The first kappa shape index (κ1) is 11.0. The molecule has 0 amide bonds. The van der Waals surface area contributed by atoms with Crippen LogP contribution in [0.15, 0.2) is 5.38 Å². The van der Waals surface area contributed by atoms with Gasteiger partial charge >= 0.3 is 0 Å². The SMILES string of the molecule is COC(OC)c1csc(C2CC2(C)C)n1. The molecule has 3 nitrogen and oxygen atoms in total. The van der Waals surface area contributed by atoms with E-state index in [-0.39, 0.29) is 6.29 Å². The number of aromatic nitrogens is 1. The highest BCUT2D eigenvalue weighted by Gasteiger charge is 2.48. The Morgan fingerprint density at radius 3 is 2.53 bits per heavy atom. The van der Waals surface area contributed by atoms with E-state index in [2.05, 4.69) is 18.8 Å². The molecule has 0 aromatic carbocycles. The van der Waals surface area contributed by atoms with Gasteiger partial charge in [-0.3, -0.25) is 0 Å². The molecule has 2 rings (SSSR count). The Hall–Kier alpha value is -0.450. The van der Waals surface area contributed by atoms with Crippen LogP contribution in [0.4, 0.5) is 0 Å². The predicted octanol–water partition coefficient (Wildman–Crippen LogP) is 2.95. The van der Waals surface area contributed by atoms with Gasteiger partial charge in [0.25, 0.3) is 0 Å². The highest BCUT2D eigenvalue weighted by Crippen LogP contribution is 2.59. The molecule has 0 saturated heterocycles. The summed E-state index contributed by atoms with van der Waals surface area (Å²) in [6.45, 7) is 4.56. The van der Waals surface area contributed by atoms with Gasteiger partial charge < -0.3 is 9.47 Å². The van der Waals surface area contributed by atoms with E-state index in [9.17, 15) is 0 Å². The zero-order chi connectivity index (χ0) is 11.1. The van der Waals surface area contributed by atoms with Gasteiger partial charge in [0.15, 0.2) is 0 Å². The summed E-state index contributed by atoms with van der Waals surface area (Å²) in [6, 6.07) is 0. The van der Waals surface area contributed by atoms with Crippen LogP contribution in [0.2, 0.25) is 0 Å². The number of hydrogen-bond acceptors (Lipinski definition) is 4. The Labute approximate surface area is 94.4 Å². The van der Waals surface area contributed by atoms with Crippen molar-refractivity contribution in [1.82, 2.24) is 4.98 Å². The van der Waals surface area contributed by atoms with Gasteiger partial charge in [0.05, 0.1) is 5.01 Å². The van der Waals surface area contributed by atoms with Crippen molar-refractivity contribution >= 4 is 11.3 Å². The lowest BCUT2D eigenvalue weighted by atomic mass is 10.1. The van der Waals surface area contributed by atoms with Crippen LogP contribution in [0.25, 0.3) is 0 Å². The summed E-state index contributed by atoms with van der Waals surface area (Å²) < 4.78 is 10.3. The van der Waals surface area contributed by atoms with Crippen molar-refractivity contribution in [3.8, 4) is 0 Å². The van der Waals surface area contributed by atoms with Crippen LogP contribution in [-0.2, 0) is 9.47 Å². The van der Waals surface area contributed by atoms with Gasteiger partial charge in [-0.1, -0.05) is 13.8 Å². The standard InChI is InChI=1S/C11H17NO2S/c1-11(2)5-7(11)9-12-8(6-15-9)10(13-3)14-4/h6-7,10H,5H2,1-4H3. The van der Waals surface area contributed by atoms with Crippen LogP contribution in [-0.4, -0.2) is 19.2 Å². The average molecular weight is 227 g/mol. The third kappa shape index (κ3) is 2.07. The minimum atomic E-state index is -0.322. The summed E-state index contributed by atoms with van der Waals surface area (Å²) in [4.78, 5) is 4.58. The van der Waals surface area contributed by atoms with Crippen LogP contribution in [0.1, 0.15) is 43.2 Å². The van der Waals surface area contributed by atoms with Gasteiger partial charge in [0, 0.05) is 25.5 Å². The molecule has 1 atom stereocenters. The first-order valence-electron chi connectivity index (χ1n) is 5.09. The first-order valence-corrected chi connectivity index (χ1v) is 5.97. The van der Waals surface area contributed by atoms with Gasteiger partial charge in [-0.05, 0) is 11.8 Å². The summed E-state index contributed by atoms with van der Waals surface area (Å²) in [5.41, 5.74) is 1.33. The predicted molar refractivity (Wildman–Crippen MR) is 60.0 cm³/mol. The molecule has 1 saturated carbocycles. The van der Waals surface area contributed by atoms with Gasteiger partial charge in [-0.15, -0.1) is 11.3 Å². The highest BCUT2D eigenvalue weighted by atomic mass is 32.1. The Kier molecular flexibility index (Phi) is 2.83. The van der Waals surface area contributed by atoms with E-state index in [1.54, 1.807) is 25.6 Å². The van der Waals surface area contributed by atoms with Crippen molar-refractivity contribution in [1.29, 1.82) is 0 Å². The molecule has 84 valence electrons. The van der Waals surface area contributed by atoms with E-state index < -0.39 is 0 Å². The molecule has 1 heterocycles. The second kappa shape index (κ2) is 3.85. The Bertz CT molecular complexity index is 328. The number of thiazole rings is 1. The molecule has 1 aromatic rings. The quantitative estimate of drug-likeness (QED) is 0.741. The van der Waals surface area contributed by atoms with Crippen LogP contribution >= 0.6 is 11.3 Å². The molecule has 1 unspecified atom stereocenters. The summed E-state index contributed by atoms with van der Waals surface area (Å²) in [5.74, 6) is 0.630. The third-order valence-electron chi connectivity index (χ3n) is 3.02. The van der Waals surface area contributed by atoms with Crippen molar-refractivity contribution in [2.45, 2.75) is 32.5 Å². The minimum absolute atomic E-state index is 0.322. The van der Waals surface area contributed by atoms with Crippen LogP contribution in [0.5, 0.6) is 0 Å².